The number of halogens is 3. The van der Waals surface area contributed by atoms with E-state index in [4.69, 9.17) is 0 Å². The van der Waals surface area contributed by atoms with E-state index in [0.29, 0.717) is 31.0 Å². The molecule has 0 aromatic heterocycles. The lowest BCUT2D eigenvalue weighted by Gasteiger charge is -2.31. The highest BCUT2D eigenvalue weighted by molar-refractivity contribution is 5.76. The molecule has 1 aliphatic rings. The third kappa shape index (κ3) is 4.23. The molecule has 144 valence electrons. The molecule has 1 aromatic carbocycles. The summed E-state index contributed by atoms with van der Waals surface area (Å²) in [6.07, 6.45) is -3.47. The van der Waals surface area contributed by atoms with Gasteiger partial charge < -0.3 is 4.90 Å². The highest BCUT2D eigenvalue weighted by Gasteiger charge is 2.40. The van der Waals surface area contributed by atoms with Crippen molar-refractivity contribution < 1.29 is 23.0 Å². The Hall–Kier alpha value is -2.39. The molecule has 1 heterocycles. The minimum absolute atomic E-state index is 0.282. The van der Waals surface area contributed by atoms with Gasteiger partial charge in [0.15, 0.2) is 5.69 Å². The molecular formula is C16H20F3N3O4. The van der Waals surface area contributed by atoms with Crippen molar-refractivity contribution in [2.24, 2.45) is 11.3 Å². The second-order valence-corrected chi connectivity index (χ2v) is 7.56. The summed E-state index contributed by atoms with van der Waals surface area (Å²) in [6, 6.07) is 0.757. The lowest BCUT2D eigenvalue weighted by molar-refractivity contribution is -0.393. The molecule has 0 unspecified atom stereocenters. The fourth-order valence-electron chi connectivity index (χ4n) is 3.64. The number of nitrogens with zero attached hydrogens (tertiary/aromatic N) is 3. The molecule has 0 saturated carbocycles. The van der Waals surface area contributed by atoms with Gasteiger partial charge in [0, 0.05) is 25.2 Å². The van der Waals surface area contributed by atoms with E-state index in [9.17, 15) is 33.4 Å². The average molecular weight is 375 g/mol. The van der Waals surface area contributed by atoms with Crippen molar-refractivity contribution in [2.45, 2.75) is 39.8 Å². The number of nitro groups is 2. The molecule has 26 heavy (non-hydrogen) atoms. The van der Waals surface area contributed by atoms with Crippen molar-refractivity contribution in [3.8, 4) is 0 Å². The Kier molecular flexibility index (Phi) is 5.16. The van der Waals surface area contributed by atoms with Crippen LogP contribution in [0.5, 0.6) is 0 Å². The third-order valence-corrected chi connectivity index (χ3v) is 4.52. The fourth-order valence-corrected chi connectivity index (χ4v) is 3.64. The van der Waals surface area contributed by atoms with E-state index >= 15 is 0 Å². The fraction of sp³-hybridized carbons (Fsp3) is 0.625. The number of alkyl halides is 3. The summed E-state index contributed by atoms with van der Waals surface area (Å²) in [4.78, 5) is 22.3. The van der Waals surface area contributed by atoms with Crippen LogP contribution in [-0.4, -0.2) is 22.9 Å². The molecule has 0 spiro atoms. The van der Waals surface area contributed by atoms with Gasteiger partial charge >= 0.3 is 6.18 Å². The largest absolute Gasteiger partial charge is 0.416 e. The smallest absolute Gasteiger partial charge is 0.360 e. The van der Waals surface area contributed by atoms with Gasteiger partial charge in [0.05, 0.1) is 15.4 Å². The molecule has 1 atom stereocenters. The second-order valence-electron chi connectivity index (χ2n) is 7.56. The van der Waals surface area contributed by atoms with E-state index in [2.05, 4.69) is 0 Å². The molecule has 1 aliphatic heterocycles. The van der Waals surface area contributed by atoms with Gasteiger partial charge in [-0.25, -0.2) is 0 Å². The summed E-state index contributed by atoms with van der Waals surface area (Å²) in [6.45, 7) is 6.47. The van der Waals surface area contributed by atoms with Crippen LogP contribution in [0, 0.1) is 31.6 Å². The summed E-state index contributed by atoms with van der Waals surface area (Å²) in [7, 11) is 0. The number of hydrogen-bond donors (Lipinski definition) is 0. The van der Waals surface area contributed by atoms with Crippen LogP contribution < -0.4 is 4.90 Å². The zero-order chi connectivity index (χ0) is 19.9. The SMILES string of the molecule is C[C@H]1CCN(c2c([N+](=O)[O-])cc(C(F)(F)F)cc2[N+](=O)[O-])CC(C)(C)C1. The Balaban J connectivity index is 2.69. The first-order valence-electron chi connectivity index (χ1n) is 8.11. The van der Waals surface area contributed by atoms with E-state index in [1.54, 1.807) is 0 Å². The Labute approximate surface area is 148 Å². The standard InChI is InChI=1S/C16H20F3N3O4/c1-10-4-5-20(9-15(2,3)8-10)14-12(21(23)24)6-11(16(17,18)19)7-13(14)22(25)26/h6-7,10H,4-5,8-9H2,1-3H3/t10-/m0/s1. The Morgan fingerprint density at radius 2 is 1.65 bits per heavy atom. The first kappa shape index (κ1) is 19.9. The minimum atomic E-state index is -4.92. The van der Waals surface area contributed by atoms with Crippen LogP contribution in [-0.2, 0) is 6.18 Å². The van der Waals surface area contributed by atoms with Crippen molar-refractivity contribution in [2.75, 3.05) is 18.0 Å². The van der Waals surface area contributed by atoms with Crippen LogP contribution in [0.1, 0.15) is 39.2 Å². The predicted molar refractivity (Wildman–Crippen MR) is 89.1 cm³/mol. The van der Waals surface area contributed by atoms with Crippen molar-refractivity contribution in [3.63, 3.8) is 0 Å². The maximum atomic E-state index is 13.0. The van der Waals surface area contributed by atoms with Gasteiger partial charge in [-0.15, -0.1) is 0 Å². The van der Waals surface area contributed by atoms with Gasteiger partial charge in [-0.3, -0.25) is 20.2 Å². The Morgan fingerprint density at radius 1 is 1.15 bits per heavy atom. The summed E-state index contributed by atoms with van der Waals surface area (Å²) in [5.41, 5.74) is -3.83. The highest BCUT2D eigenvalue weighted by atomic mass is 19.4. The Morgan fingerprint density at radius 3 is 2.08 bits per heavy atom. The van der Waals surface area contributed by atoms with Crippen LogP contribution in [0.25, 0.3) is 0 Å². The average Bonchev–Trinajstić information content (AvgIpc) is 2.61. The monoisotopic (exact) mass is 375 g/mol. The summed E-state index contributed by atoms with van der Waals surface area (Å²) >= 11 is 0. The van der Waals surface area contributed by atoms with Crippen molar-refractivity contribution >= 4 is 17.1 Å². The second kappa shape index (κ2) is 6.73. The van der Waals surface area contributed by atoms with Crippen LogP contribution >= 0.6 is 0 Å². The van der Waals surface area contributed by atoms with E-state index in [0.717, 1.165) is 6.42 Å². The molecular weight excluding hydrogens is 355 g/mol. The molecule has 0 aliphatic carbocycles. The molecule has 1 saturated heterocycles. The molecule has 1 fully saturated rings. The van der Waals surface area contributed by atoms with Crippen molar-refractivity contribution in [1.29, 1.82) is 0 Å². The first-order chi connectivity index (χ1) is 11.8. The maximum Gasteiger partial charge on any atom is 0.416 e. The minimum Gasteiger partial charge on any atom is -0.360 e. The lowest BCUT2D eigenvalue weighted by atomic mass is 9.83. The lowest BCUT2D eigenvalue weighted by Crippen LogP contribution is -2.33. The predicted octanol–water partition coefficient (Wildman–Crippen LogP) is 4.78. The summed E-state index contributed by atoms with van der Waals surface area (Å²) in [5, 5.41) is 22.8. The van der Waals surface area contributed by atoms with Gasteiger partial charge in [0.1, 0.15) is 0 Å². The van der Waals surface area contributed by atoms with Crippen LogP contribution in [0.3, 0.4) is 0 Å². The highest BCUT2D eigenvalue weighted by Crippen LogP contribution is 2.45. The zero-order valence-electron chi connectivity index (χ0n) is 14.7. The van der Waals surface area contributed by atoms with Crippen molar-refractivity contribution in [1.82, 2.24) is 0 Å². The molecule has 0 N–H and O–H groups in total. The molecule has 1 aromatic rings. The zero-order valence-corrected chi connectivity index (χ0v) is 14.7. The number of nitro benzene ring substituents is 2. The van der Waals surface area contributed by atoms with Crippen molar-refractivity contribution in [3.05, 3.63) is 37.9 Å². The van der Waals surface area contributed by atoms with E-state index in [1.807, 2.05) is 20.8 Å². The summed E-state index contributed by atoms with van der Waals surface area (Å²) in [5.74, 6) is 0.294. The third-order valence-electron chi connectivity index (χ3n) is 4.52. The van der Waals surface area contributed by atoms with Crippen LogP contribution in [0.4, 0.5) is 30.2 Å². The molecule has 10 heteroatoms. The van der Waals surface area contributed by atoms with Gasteiger partial charge in [-0.2, -0.15) is 13.2 Å². The normalized spacial score (nSPS) is 20.5. The summed E-state index contributed by atoms with van der Waals surface area (Å²) < 4.78 is 39.1. The van der Waals surface area contributed by atoms with Gasteiger partial charge in [-0.05, 0) is 24.2 Å². The first-order valence-corrected chi connectivity index (χ1v) is 8.11. The van der Waals surface area contributed by atoms with E-state index in [-0.39, 0.29) is 17.6 Å². The molecule has 0 radical (unpaired) electrons. The van der Waals surface area contributed by atoms with Crippen LogP contribution in [0.15, 0.2) is 12.1 Å². The van der Waals surface area contributed by atoms with Crippen LogP contribution in [0.2, 0.25) is 0 Å². The van der Waals surface area contributed by atoms with E-state index in [1.165, 1.54) is 4.90 Å². The quantitative estimate of drug-likeness (QED) is 0.560. The topological polar surface area (TPSA) is 89.5 Å². The molecule has 0 amide bonds. The number of anilines is 1. The van der Waals surface area contributed by atoms with Gasteiger partial charge in [0.2, 0.25) is 0 Å². The molecule has 7 nitrogen and oxygen atoms in total. The van der Waals surface area contributed by atoms with Gasteiger partial charge in [0.25, 0.3) is 11.4 Å². The number of rotatable bonds is 3. The van der Waals surface area contributed by atoms with Gasteiger partial charge in [-0.1, -0.05) is 20.8 Å². The Bertz CT molecular complexity index is 699. The van der Waals surface area contributed by atoms with E-state index < -0.39 is 33.0 Å². The molecule has 0 bridgehead atoms. The number of hydrogen-bond acceptors (Lipinski definition) is 5. The maximum absolute atomic E-state index is 13.0. The molecule has 2 rings (SSSR count). The number of benzene rings is 1.